The monoisotopic (exact) mass is 386 g/mol. The molecule has 1 N–H and O–H groups in total. The molecular formula is C22H22N6O. The van der Waals surface area contributed by atoms with Crippen molar-refractivity contribution in [2.24, 2.45) is 0 Å². The number of carbonyl (C=O) groups is 1. The number of pyridine rings is 1. The van der Waals surface area contributed by atoms with Gasteiger partial charge in [0.05, 0.1) is 23.3 Å². The van der Waals surface area contributed by atoms with Crippen molar-refractivity contribution >= 4 is 5.91 Å². The van der Waals surface area contributed by atoms with Crippen LogP contribution in [-0.2, 0) is 6.54 Å². The first kappa shape index (κ1) is 18.6. The van der Waals surface area contributed by atoms with Gasteiger partial charge in [-0.05, 0) is 50.6 Å². The number of nitrogens with zero attached hydrogens (tertiary/aromatic N) is 5. The summed E-state index contributed by atoms with van der Waals surface area (Å²) < 4.78 is 3.64. The van der Waals surface area contributed by atoms with Gasteiger partial charge in [0.1, 0.15) is 0 Å². The average molecular weight is 386 g/mol. The smallest absolute Gasteiger partial charge is 0.253 e. The van der Waals surface area contributed by atoms with Gasteiger partial charge in [-0.15, -0.1) is 0 Å². The van der Waals surface area contributed by atoms with E-state index in [9.17, 15) is 4.79 Å². The largest absolute Gasteiger partial charge is 0.348 e. The maximum Gasteiger partial charge on any atom is 0.253 e. The molecule has 0 fully saturated rings. The molecular weight excluding hydrogens is 364 g/mol. The zero-order valence-electron chi connectivity index (χ0n) is 16.6. The van der Waals surface area contributed by atoms with Gasteiger partial charge in [-0.2, -0.15) is 5.10 Å². The molecule has 29 heavy (non-hydrogen) atoms. The first-order valence-electron chi connectivity index (χ1n) is 9.37. The Morgan fingerprint density at radius 1 is 1.10 bits per heavy atom. The van der Waals surface area contributed by atoms with E-state index in [1.54, 1.807) is 18.7 Å². The highest BCUT2D eigenvalue weighted by molar-refractivity contribution is 5.98. The van der Waals surface area contributed by atoms with Crippen LogP contribution in [0, 0.1) is 20.8 Å². The second-order valence-electron chi connectivity index (χ2n) is 7.04. The SMILES string of the molecule is Cc1ccc(-n2ccnc2)c(C(=O)NCc2ccc(-n3nc(C)cc3C)nc2)c1. The van der Waals surface area contributed by atoms with Crippen LogP contribution in [0.25, 0.3) is 11.5 Å². The molecule has 0 aliphatic carbocycles. The highest BCUT2D eigenvalue weighted by Gasteiger charge is 2.13. The van der Waals surface area contributed by atoms with Gasteiger partial charge in [0.25, 0.3) is 5.91 Å². The van der Waals surface area contributed by atoms with E-state index in [1.165, 1.54) is 0 Å². The molecule has 1 amide bonds. The molecule has 7 heteroatoms. The van der Waals surface area contributed by atoms with Crippen LogP contribution in [0.15, 0.2) is 61.3 Å². The van der Waals surface area contributed by atoms with Gasteiger partial charge in [-0.1, -0.05) is 17.7 Å². The molecule has 3 aromatic heterocycles. The van der Waals surface area contributed by atoms with Gasteiger partial charge in [-0.3, -0.25) is 4.79 Å². The number of hydrogen-bond donors (Lipinski definition) is 1. The van der Waals surface area contributed by atoms with E-state index in [1.807, 2.05) is 72.6 Å². The number of carbonyl (C=O) groups excluding carboxylic acids is 1. The third-order valence-electron chi connectivity index (χ3n) is 4.67. The topological polar surface area (TPSA) is 77.6 Å². The van der Waals surface area contributed by atoms with Crippen LogP contribution in [0.4, 0.5) is 0 Å². The zero-order valence-corrected chi connectivity index (χ0v) is 16.6. The summed E-state index contributed by atoms with van der Waals surface area (Å²) in [5.41, 5.74) is 5.32. The van der Waals surface area contributed by atoms with Crippen molar-refractivity contribution in [3.63, 3.8) is 0 Å². The van der Waals surface area contributed by atoms with Gasteiger partial charge >= 0.3 is 0 Å². The molecule has 4 rings (SSSR count). The van der Waals surface area contributed by atoms with E-state index in [0.29, 0.717) is 12.1 Å². The summed E-state index contributed by atoms with van der Waals surface area (Å²) in [5, 5.41) is 7.43. The van der Waals surface area contributed by atoms with Crippen molar-refractivity contribution in [2.45, 2.75) is 27.3 Å². The first-order valence-corrected chi connectivity index (χ1v) is 9.37. The van der Waals surface area contributed by atoms with Crippen LogP contribution >= 0.6 is 0 Å². The lowest BCUT2D eigenvalue weighted by Gasteiger charge is -2.12. The molecule has 4 aromatic rings. The third-order valence-corrected chi connectivity index (χ3v) is 4.67. The molecule has 0 unspecified atom stereocenters. The quantitative estimate of drug-likeness (QED) is 0.571. The average Bonchev–Trinajstić information content (AvgIpc) is 3.36. The predicted octanol–water partition coefficient (Wildman–Crippen LogP) is 3.31. The molecule has 0 atom stereocenters. The molecule has 7 nitrogen and oxygen atoms in total. The summed E-state index contributed by atoms with van der Waals surface area (Å²) in [6.07, 6.45) is 6.96. The van der Waals surface area contributed by atoms with E-state index in [-0.39, 0.29) is 5.91 Å². The second kappa shape index (κ2) is 7.71. The number of hydrogen-bond acceptors (Lipinski definition) is 4. The van der Waals surface area contributed by atoms with Gasteiger partial charge in [0, 0.05) is 30.8 Å². The Kier molecular flexibility index (Phi) is 4.95. The summed E-state index contributed by atoms with van der Waals surface area (Å²) in [7, 11) is 0. The first-order chi connectivity index (χ1) is 14.0. The summed E-state index contributed by atoms with van der Waals surface area (Å²) >= 11 is 0. The van der Waals surface area contributed by atoms with Crippen LogP contribution in [0.2, 0.25) is 0 Å². The molecule has 146 valence electrons. The third kappa shape index (κ3) is 3.94. The predicted molar refractivity (Wildman–Crippen MR) is 110 cm³/mol. The summed E-state index contributed by atoms with van der Waals surface area (Å²) in [6, 6.07) is 11.7. The minimum absolute atomic E-state index is 0.139. The van der Waals surface area contributed by atoms with Crippen LogP contribution in [0.3, 0.4) is 0 Å². The lowest BCUT2D eigenvalue weighted by atomic mass is 10.1. The van der Waals surface area contributed by atoms with Crippen molar-refractivity contribution in [2.75, 3.05) is 0 Å². The maximum absolute atomic E-state index is 12.8. The Bertz CT molecular complexity index is 1140. The lowest BCUT2D eigenvalue weighted by molar-refractivity contribution is 0.0951. The van der Waals surface area contributed by atoms with Crippen molar-refractivity contribution in [3.8, 4) is 11.5 Å². The number of aryl methyl sites for hydroxylation is 3. The Hall–Kier alpha value is -3.74. The molecule has 0 aliphatic rings. The van der Waals surface area contributed by atoms with E-state index >= 15 is 0 Å². The van der Waals surface area contributed by atoms with E-state index in [4.69, 9.17) is 0 Å². The van der Waals surface area contributed by atoms with Crippen LogP contribution < -0.4 is 5.32 Å². The van der Waals surface area contributed by atoms with E-state index in [0.717, 1.165) is 34.0 Å². The summed E-state index contributed by atoms with van der Waals surface area (Å²) in [4.78, 5) is 21.4. The maximum atomic E-state index is 12.8. The van der Waals surface area contributed by atoms with Crippen molar-refractivity contribution < 1.29 is 4.79 Å². The Morgan fingerprint density at radius 2 is 1.97 bits per heavy atom. The normalized spacial score (nSPS) is 10.9. The Balaban J connectivity index is 1.49. The molecule has 0 spiro atoms. The van der Waals surface area contributed by atoms with E-state index < -0.39 is 0 Å². The van der Waals surface area contributed by atoms with Crippen LogP contribution in [0.5, 0.6) is 0 Å². The van der Waals surface area contributed by atoms with Gasteiger partial charge in [0.15, 0.2) is 5.82 Å². The summed E-state index contributed by atoms with van der Waals surface area (Å²) in [6.45, 7) is 6.31. The minimum Gasteiger partial charge on any atom is -0.348 e. The molecule has 0 radical (unpaired) electrons. The minimum atomic E-state index is -0.139. The van der Waals surface area contributed by atoms with Crippen molar-refractivity contribution in [3.05, 3.63) is 89.4 Å². The Morgan fingerprint density at radius 3 is 2.62 bits per heavy atom. The molecule has 3 heterocycles. The van der Waals surface area contributed by atoms with E-state index in [2.05, 4.69) is 20.4 Å². The number of nitrogens with one attached hydrogen (secondary N) is 1. The second-order valence-corrected chi connectivity index (χ2v) is 7.04. The summed E-state index contributed by atoms with van der Waals surface area (Å²) in [5.74, 6) is 0.617. The lowest BCUT2D eigenvalue weighted by Crippen LogP contribution is -2.24. The van der Waals surface area contributed by atoms with Crippen molar-refractivity contribution in [1.82, 2.24) is 29.6 Å². The van der Waals surface area contributed by atoms with Crippen molar-refractivity contribution in [1.29, 1.82) is 0 Å². The standard InChI is InChI=1S/C22H22N6O/c1-15-4-6-20(27-9-8-23-14-27)19(10-15)22(29)25-13-18-5-7-21(24-12-18)28-17(3)11-16(2)26-28/h4-12,14H,13H2,1-3H3,(H,25,29). The number of benzene rings is 1. The molecule has 0 aliphatic heterocycles. The van der Waals surface area contributed by atoms with Crippen LogP contribution in [-0.4, -0.2) is 30.2 Å². The molecule has 1 aromatic carbocycles. The fourth-order valence-electron chi connectivity index (χ4n) is 3.24. The highest BCUT2D eigenvalue weighted by Crippen LogP contribution is 2.17. The molecule has 0 saturated heterocycles. The van der Waals surface area contributed by atoms with Gasteiger partial charge < -0.3 is 9.88 Å². The molecule has 0 saturated carbocycles. The fraction of sp³-hybridized carbons (Fsp3) is 0.182. The van der Waals surface area contributed by atoms with Gasteiger partial charge in [0.2, 0.25) is 0 Å². The number of amides is 1. The number of rotatable bonds is 5. The van der Waals surface area contributed by atoms with Crippen LogP contribution in [0.1, 0.15) is 32.9 Å². The highest BCUT2D eigenvalue weighted by atomic mass is 16.1. The number of imidazole rings is 1. The fourth-order valence-corrected chi connectivity index (χ4v) is 3.24. The van der Waals surface area contributed by atoms with Gasteiger partial charge in [-0.25, -0.2) is 14.6 Å². The molecule has 0 bridgehead atoms. The Labute approximate surface area is 169 Å². The number of aromatic nitrogens is 5. The zero-order chi connectivity index (χ0) is 20.4.